The number of anilines is 1. The van der Waals surface area contributed by atoms with Crippen molar-refractivity contribution in [2.75, 3.05) is 25.0 Å². The summed E-state index contributed by atoms with van der Waals surface area (Å²) >= 11 is 0. The monoisotopic (exact) mass is 264 g/mol. The molecule has 1 aromatic carbocycles. The highest BCUT2D eigenvalue weighted by molar-refractivity contribution is 6.39. The summed E-state index contributed by atoms with van der Waals surface area (Å²) in [4.78, 5) is 25.1. The maximum atomic E-state index is 11.9. The quantitative estimate of drug-likeness (QED) is 0.780. The summed E-state index contributed by atoms with van der Waals surface area (Å²) in [5.74, 6) is -1.29. The van der Waals surface area contributed by atoms with Crippen LogP contribution in [0.25, 0.3) is 0 Å². The summed E-state index contributed by atoms with van der Waals surface area (Å²) in [6.45, 7) is 4.15. The standard InChI is InChI=1S/C14H20N2O3/c1-3-11-7-5-6-8-12(11)15-13(18)14(19)16(4-2)9-10-17/h5-8,17H,3-4,9-10H2,1-2H3,(H,15,18). The highest BCUT2D eigenvalue weighted by Crippen LogP contribution is 2.15. The molecule has 5 nitrogen and oxygen atoms in total. The molecule has 0 radical (unpaired) electrons. The third-order valence-corrected chi connectivity index (χ3v) is 2.88. The van der Waals surface area contributed by atoms with E-state index in [0.717, 1.165) is 12.0 Å². The van der Waals surface area contributed by atoms with Crippen LogP contribution in [0.5, 0.6) is 0 Å². The van der Waals surface area contributed by atoms with Gasteiger partial charge in [-0.2, -0.15) is 0 Å². The van der Waals surface area contributed by atoms with Gasteiger partial charge in [0.25, 0.3) is 0 Å². The van der Waals surface area contributed by atoms with Gasteiger partial charge in [0.15, 0.2) is 0 Å². The fraction of sp³-hybridized carbons (Fsp3) is 0.429. The van der Waals surface area contributed by atoms with Crippen LogP contribution < -0.4 is 5.32 Å². The van der Waals surface area contributed by atoms with Crippen molar-refractivity contribution in [1.82, 2.24) is 4.90 Å². The molecule has 1 aromatic rings. The molecule has 0 saturated carbocycles. The number of aryl methyl sites for hydroxylation is 1. The van der Waals surface area contributed by atoms with Crippen molar-refractivity contribution in [3.63, 3.8) is 0 Å². The molecule has 2 N–H and O–H groups in total. The number of amides is 2. The second-order valence-electron chi connectivity index (χ2n) is 4.07. The Morgan fingerprint density at radius 2 is 1.95 bits per heavy atom. The SMILES string of the molecule is CCc1ccccc1NC(=O)C(=O)N(CC)CCO. The van der Waals surface area contributed by atoms with Crippen LogP contribution in [0.2, 0.25) is 0 Å². The number of para-hydroxylation sites is 1. The number of hydrogen-bond acceptors (Lipinski definition) is 3. The summed E-state index contributed by atoms with van der Waals surface area (Å²) < 4.78 is 0. The Kier molecular flexibility index (Phi) is 6.02. The second-order valence-corrected chi connectivity index (χ2v) is 4.07. The smallest absolute Gasteiger partial charge is 0.313 e. The number of rotatable bonds is 5. The van der Waals surface area contributed by atoms with Crippen LogP contribution >= 0.6 is 0 Å². The fourth-order valence-electron chi connectivity index (χ4n) is 1.79. The van der Waals surface area contributed by atoms with Crippen LogP contribution in [0.1, 0.15) is 19.4 Å². The molecule has 0 fully saturated rings. The van der Waals surface area contributed by atoms with Crippen LogP contribution in [-0.4, -0.2) is 41.5 Å². The third kappa shape index (κ3) is 4.06. The zero-order valence-corrected chi connectivity index (χ0v) is 11.3. The summed E-state index contributed by atoms with van der Waals surface area (Å²) in [7, 11) is 0. The van der Waals surface area contributed by atoms with Gasteiger partial charge >= 0.3 is 11.8 Å². The molecule has 0 heterocycles. The Hall–Kier alpha value is -1.88. The minimum Gasteiger partial charge on any atom is -0.395 e. The zero-order chi connectivity index (χ0) is 14.3. The van der Waals surface area contributed by atoms with Crippen LogP contribution in [-0.2, 0) is 16.0 Å². The Bertz CT molecular complexity index is 446. The van der Waals surface area contributed by atoms with Crippen LogP contribution in [0.4, 0.5) is 5.69 Å². The van der Waals surface area contributed by atoms with Crippen LogP contribution in [0.3, 0.4) is 0 Å². The number of nitrogens with one attached hydrogen (secondary N) is 1. The number of nitrogens with zero attached hydrogens (tertiary/aromatic N) is 1. The van der Waals surface area contributed by atoms with Gasteiger partial charge in [0.1, 0.15) is 0 Å². The van der Waals surface area contributed by atoms with Gasteiger partial charge in [-0.25, -0.2) is 0 Å². The Labute approximate surface area is 113 Å². The lowest BCUT2D eigenvalue weighted by atomic mass is 10.1. The van der Waals surface area contributed by atoms with E-state index < -0.39 is 11.8 Å². The average molecular weight is 264 g/mol. The number of aliphatic hydroxyl groups excluding tert-OH is 1. The van der Waals surface area contributed by atoms with Gasteiger partial charge in [-0.05, 0) is 25.0 Å². The molecule has 0 aliphatic rings. The molecule has 0 aliphatic carbocycles. The number of carbonyl (C=O) groups excluding carboxylic acids is 2. The Morgan fingerprint density at radius 3 is 2.53 bits per heavy atom. The molecule has 0 spiro atoms. The number of benzene rings is 1. The molecular formula is C14H20N2O3. The molecular weight excluding hydrogens is 244 g/mol. The molecule has 0 aliphatic heterocycles. The Morgan fingerprint density at radius 1 is 1.26 bits per heavy atom. The van der Waals surface area contributed by atoms with Crippen molar-refractivity contribution < 1.29 is 14.7 Å². The lowest BCUT2D eigenvalue weighted by Gasteiger charge is -2.19. The molecule has 0 aromatic heterocycles. The van der Waals surface area contributed by atoms with E-state index in [0.29, 0.717) is 12.2 Å². The minimum absolute atomic E-state index is 0.154. The summed E-state index contributed by atoms with van der Waals surface area (Å²) in [5, 5.41) is 11.5. The van der Waals surface area contributed by atoms with E-state index in [2.05, 4.69) is 5.32 Å². The number of carbonyl (C=O) groups is 2. The zero-order valence-electron chi connectivity index (χ0n) is 11.3. The van der Waals surface area contributed by atoms with Gasteiger partial charge in [-0.3, -0.25) is 9.59 Å². The first-order valence-corrected chi connectivity index (χ1v) is 6.43. The molecule has 0 bridgehead atoms. The molecule has 5 heteroatoms. The maximum Gasteiger partial charge on any atom is 0.313 e. The van der Waals surface area contributed by atoms with Gasteiger partial charge in [-0.15, -0.1) is 0 Å². The molecule has 0 saturated heterocycles. The normalized spacial score (nSPS) is 10.1. The topological polar surface area (TPSA) is 69.6 Å². The largest absolute Gasteiger partial charge is 0.395 e. The van der Waals surface area contributed by atoms with E-state index in [1.165, 1.54) is 4.90 Å². The first-order chi connectivity index (χ1) is 9.13. The van der Waals surface area contributed by atoms with Gasteiger partial charge in [0, 0.05) is 18.8 Å². The van der Waals surface area contributed by atoms with E-state index in [1.54, 1.807) is 13.0 Å². The fourth-order valence-corrected chi connectivity index (χ4v) is 1.79. The number of hydrogen-bond donors (Lipinski definition) is 2. The second kappa shape index (κ2) is 7.53. The van der Waals surface area contributed by atoms with Gasteiger partial charge < -0.3 is 15.3 Å². The lowest BCUT2D eigenvalue weighted by Crippen LogP contribution is -2.41. The first kappa shape index (κ1) is 15.2. The highest BCUT2D eigenvalue weighted by Gasteiger charge is 2.20. The summed E-state index contributed by atoms with van der Waals surface area (Å²) in [5.41, 5.74) is 1.64. The van der Waals surface area contributed by atoms with Crippen molar-refractivity contribution >= 4 is 17.5 Å². The molecule has 2 amide bonds. The predicted molar refractivity (Wildman–Crippen MR) is 73.8 cm³/mol. The van der Waals surface area contributed by atoms with Crippen molar-refractivity contribution in [2.45, 2.75) is 20.3 Å². The van der Waals surface area contributed by atoms with Crippen molar-refractivity contribution in [3.8, 4) is 0 Å². The molecule has 1 rings (SSSR count). The minimum atomic E-state index is -0.670. The molecule has 19 heavy (non-hydrogen) atoms. The highest BCUT2D eigenvalue weighted by atomic mass is 16.3. The molecule has 0 unspecified atom stereocenters. The third-order valence-electron chi connectivity index (χ3n) is 2.88. The average Bonchev–Trinajstić information content (AvgIpc) is 2.44. The van der Waals surface area contributed by atoms with E-state index in [-0.39, 0.29) is 13.2 Å². The van der Waals surface area contributed by atoms with Gasteiger partial charge in [-0.1, -0.05) is 25.1 Å². The lowest BCUT2D eigenvalue weighted by molar-refractivity contribution is -0.143. The summed E-state index contributed by atoms with van der Waals surface area (Å²) in [6.07, 6.45) is 0.777. The van der Waals surface area contributed by atoms with E-state index in [4.69, 9.17) is 5.11 Å². The Balaban J connectivity index is 2.76. The van der Waals surface area contributed by atoms with Crippen molar-refractivity contribution in [1.29, 1.82) is 0 Å². The first-order valence-electron chi connectivity index (χ1n) is 6.43. The van der Waals surface area contributed by atoms with E-state index in [1.807, 2.05) is 25.1 Å². The van der Waals surface area contributed by atoms with Crippen molar-refractivity contribution in [3.05, 3.63) is 29.8 Å². The van der Waals surface area contributed by atoms with E-state index in [9.17, 15) is 9.59 Å². The molecule has 104 valence electrons. The number of likely N-dealkylation sites (N-methyl/N-ethyl adjacent to an activating group) is 1. The van der Waals surface area contributed by atoms with Gasteiger partial charge in [0.05, 0.1) is 6.61 Å². The summed E-state index contributed by atoms with van der Waals surface area (Å²) in [6, 6.07) is 7.38. The van der Waals surface area contributed by atoms with Crippen LogP contribution in [0, 0.1) is 0 Å². The molecule has 0 atom stereocenters. The number of aliphatic hydroxyl groups is 1. The predicted octanol–water partition coefficient (Wildman–Crippen LogP) is 1.03. The van der Waals surface area contributed by atoms with E-state index >= 15 is 0 Å². The van der Waals surface area contributed by atoms with Crippen molar-refractivity contribution in [2.24, 2.45) is 0 Å². The maximum absolute atomic E-state index is 11.9. The van der Waals surface area contributed by atoms with Gasteiger partial charge in [0.2, 0.25) is 0 Å². The van der Waals surface area contributed by atoms with Crippen LogP contribution in [0.15, 0.2) is 24.3 Å².